The van der Waals surface area contributed by atoms with Crippen molar-refractivity contribution in [3.05, 3.63) is 34.9 Å². The van der Waals surface area contributed by atoms with Crippen LogP contribution in [0.15, 0.2) is 18.2 Å². The van der Waals surface area contributed by atoms with E-state index in [0.29, 0.717) is 0 Å². The fourth-order valence-electron chi connectivity index (χ4n) is 2.57. The summed E-state index contributed by atoms with van der Waals surface area (Å²) < 4.78 is 5.02. The van der Waals surface area contributed by atoms with Gasteiger partial charge in [-0.05, 0) is 44.2 Å². The number of nitrogens with one attached hydrogen (secondary N) is 1. The molecule has 2 rings (SSSR count). The van der Waals surface area contributed by atoms with Crippen LogP contribution in [0.1, 0.15) is 29.0 Å². The van der Waals surface area contributed by atoms with Gasteiger partial charge in [0.1, 0.15) is 0 Å². The minimum Gasteiger partial charge on any atom is -0.383 e. The van der Waals surface area contributed by atoms with E-state index < -0.39 is 0 Å². The summed E-state index contributed by atoms with van der Waals surface area (Å²) in [6.07, 6.45) is 1.34. The lowest BCUT2D eigenvalue weighted by Crippen LogP contribution is -2.21. The maximum Gasteiger partial charge on any atom is 0.0587 e. The van der Waals surface area contributed by atoms with Crippen molar-refractivity contribution in [2.45, 2.75) is 26.2 Å². The van der Waals surface area contributed by atoms with Crippen LogP contribution in [0.5, 0.6) is 0 Å². The van der Waals surface area contributed by atoms with Crippen LogP contribution in [0.4, 0.5) is 0 Å². The molecule has 0 amide bonds. The summed E-state index contributed by atoms with van der Waals surface area (Å²) in [7, 11) is 1.75. The summed E-state index contributed by atoms with van der Waals surface area (Å²) in [6.45, 7) is 7.27. The summed E-state index contributed by atoms with van der Waals surface area (Å²) in [6, 6.07) is 6.93. The molecule has 0 bridgehead atoms. The van der Waals surface area contributed by atoms with Crippen LogP contribution in [0.2, 0.25) is 0 Å². The molecule has 2 nitrogen and oxygen atoms in total. The highest BCUT2D eigenvalue weighted by molar-refractivity contribution is 5.34. The third kappa shape index (κ3) is 3.55. The fourth-order valence-corrected chi connectivity index (χ4v) is 2.57. The molecule has 94 valence electrons. The standard InChI is InChI=1S/C15H23NO/c1-11-6-12(2)8-13(7-11)15-9-14(15)10-16-4-5-17-3/h6-8,14-16H,4-5,9-10H2,1-3H3. The number of methoxy groups -OCH3 is 1. The molecule has 1 aromatic carbocycles. The van der Waals surface area contributed by atoms with Crippen LogP contribution < -0.4 is 5.32 Å². The second kappa shape index (κ2) is 5.65. The van der Waals surface area contributed by atoms with Gasteiger partial charge in [0, 0.05) is 13.7 Å². The molecule has 0 saturated heterocycles. The van der Waals surface area contributed by atoms with Gasteiger partial charge in [0.15, 0.2) is 0 Å². The number of hydrogen-bond donors (Lipinski definition) is 1. The monoisotopic (exact) mass is 233 g/mol. The zero-order valence-electron chi connectivity index (χ0n) is 11.1. The van der Waals surface area contributed by atoms with Crippen molar-refractivity contribution in [1.29, 1.82) is 0 Å². The number of rotatable bonds is 6. The van der Waals surface area contributed by atoms with Crippen molar-refractivity contribution in [2.75, 3.05) is 26.8 Å². The highest BCUT2D eigenvalue weighted by Crippen LogP contribution is 2.47. The average molecular weight is 233 g/mol. The first-order valence-corrected chi connectivity index (χ1v) is 6.48. The molecule has 1 aromatic rings. The molecule has 2 atom stereocenters. The maximum absolute atomic E-state index is 5.02. The highest BCUT2D eigenvalue weighted by atomic mass is 16.5. The Morgan fingerprint density at radius 1 is 1.24 bits per heavy atom. The van der Waals surface area contributed by atoms with Gasteiger partial charge in [0.2, 0.25) is 0 Å². The minimum atomic E-state index is 0.781. The molecule has 1 fully saturated rings. The number of hydrogen-bond acceptors (Lipinski definition) is 2. The molecule has 1 saturated carbocycles. The SMILES string of the molecule is COCCNCC1CC1c1cc(C)cc(C)c1. The Hall–Kier alpha value is -0.860. The largest absolute Gasteiger partial charge is 0.383 e. The van der Waals surface area contributed by atoms with E-state index in [-0.39, 0.29) is 0 Å². The van der Waals surface area contributed by atoms with E-state index in [4.69, 9.17) is 4.74 Å². The van der Waals surface area contributed by atoms with Crippen molar-refractivity contribution >= 4 is 0 Å². The van der Waals surface area contributed by atoms with E-state index in [1.54, 1.807) is 7.11 Å². The molecule has 2 heteroatoms. The predicted octanol–water partition coefficient (Wildman–Crippen LogP) is 2.64. The van der Waals surface area contributed by atoms with Gasteiger partial charge in [-0.15, -0.1) is 0 Å². The normalized spacial score (nSPS) is 22.8. The van der Waals surface area contributed by atoms with E-state index >= 15 is 0 Å². The Balaban J connectivity index is 1.81. The van der Waals surface area contributed by atoms with Gasteiger partial charge in [0.05, 0.1) is 6.61 Å². The van der Waals surface area contributed by atoms with Crippen LogP contribution >= 0.6 is 0 Å². The third-order valence-electron chi connectivity index (χ3n) is 3.48. The van der Waals surface area contributed by atoms with Crippen molar-refractivity contribution in [1.82, 2.24) is 5.32 Å². The van der Waals surface area contributed by atoms with E-state index in [9.17, 15) is 0 Å². The first-order chi connectivity index (χ1) is 8.20. The molecule has 17 heavy (non-hydrogen) atoms. The van der Waals surface area contributed by atoms with Gasteiger partial charge < -0.3 is 10.1 Å². The fraction of sp³-hybridized carbons (Fsp3) is 0.600. The third-order valence-corrected chi connectivity index (χ3v) is 3.48. The lowest BCUT2D eigenvalue weighted by atomic mass is 10.0. The summed E-state index contributed by atoms with van der Waals surface area (Å²) in [5.41, 5.74) is 4.30. The maximum atomic E-state index is 5.02. The first-order valence-electron chi connectivity index (χ1n) is 6.48. The summed E-state index contributed by atoms with van der Waals surface area (Å²) in [5, 5.41) is 3.45. The molecule has 1 N–H and O–H groups in total. The second-order valence-electron chi connectivity index (χ2n) is 5.22. The highest BCUT2D eigenvalue weighted by Gasteiger charge is 2.37. The zero-order valence-corrected chi connectivity index (χ0v) is 11.1. The van der Waals surface area contributed by atoms with Crippen molar-refractivity contribution < 1.29 is 4.74 Å². The molecule has 0 aromatic heterocycles. The summed E-state index contributed by atoms with van der Waals surface area (Å²) in [5.74, 6) is 1.61. The zero-order chi connectivity index (χ0) is 12.3. The number of aryl methyl sites for hydroxylation is 2. The molecular formula is C15H23NO. The smallest absolute Gasteiger partial charge is 0.0587 e. The van der Waals surface area contributed by atoms with Crippen LogP contribution in [-0.4, -0.2) is 26.8 Å². The van der Waals surface area contributed by atoms with Crippen LogP contribution in [0, 0.1) is 19.8 Å². The van der Waals surface area contributed by atoms with Gasteiger partial charge in [-0.3, -0.25) is 0 Å². The summed E-state index contributed by atoms with van der Waals surface area (Å²) in [4.78, 5) is 0. The first kappa shape index (κ1) is 12.6. The predicted molar refractivity (Wildman–Crippen MR) is 71.5 cm³/mol. The van der Waals surface area contributed by atoms with Crippen LogP contribution in [0.25, 0.3) is 0 Å². The topological polar surface area (TPSA) is 21.3 Å². The molecule has 0 heterocycles. The van der Waals surface area contributed by atoms with Gasteiger partial charge in [-0.25, -0.2) is 0 Å². The molecule has 0 spiro atoms. The molecule has 1 aliphatic carbocycles. The van der Waals surface area contributed by atoms with Crippen LogP contribution in [-0.2, 0) is 4.74 Å². The van der Waals surface area contributed by atoms with Crippen molar-refractivity contribution in [3.8, 4) is 0 Å². The van der Waals surface area contributed by atoms with Gasteiger partial charge in [0.25, 0.3) is 0 Å². The average Bonchev–Trinajstić information content (AvgIpc) is 3.02. The molecule has 1 aliphatic rings. The Kier molecular flexibility index (Phi) is 4.19. The van der Waals surface area contributed by atoms with Gasteiger partial charge in [-0.2, -0.15) is 0 Å². The van der Waals surface area contributed by atoms with E-state index in [2.05, 4.69) is 37.4 Å². The number of benzene rings is 1. The lowest BCUT2D eigenvalue weighted by Gasteiger charge is -2.06. The quantitative estimate of drug-likeness (QED) is 0.763. The lowest BCUT2D eigenvalue weighted by molar-refractivity contribution is 0.199. The van der Waals surface area contributed by atoms with Crippen molar-refractivity contribution in [2.24, 2.45) is 5.92 Å². The van der Waals surface area contributed by atoms with Crippen molar-refractivity contribution in [3.63, 3.8) is 0 Å². The van der Waals surface area contributed by atoms with Crippen LogP contribution in [0.3, 0.4) is 0 Å². The Labute approximate surface area is 104 Å². The molecule has 0 aliphatic heterocycles. The number of ether oxygens (including phenoxy) is 1. The van der Waals surface area contributed by atoms with E-state index in [1.165, 1.54) is 23.1 Å². The van der Waals surface area contributed by atoms with Gasteiger partial charge in [-0.1, -0.05) is 29.3 Å². The molecular weight excluding hydrogens is 210 g/mol. The van der Waals surface area contributed by atoms with E-state index in [1.807, 2.05) is 0 Å². The Morgan fingerprint density at radius 2 is 1.94 bits per heavy atom. The summed E-state index contributed by atoms with van der Waals surface area (Å²) >= 11 is 0. The Bertz CT molecular complexity index is 355. The molecule has 0 radical (unpaired) electrons. The second-order valence-corrected chi connectivity index (χ2v) is 5.22. The minimum absolute atomic E-state index is 0.781. The van der Waals surface area contributed by atoms with Gasteiger partial charge >= 0.3 is 0 Å². The van der Waals surface area contributed by atoms with E-state index in [0.717, 1.165) is 31.5 Å². The molecule has 2 unspecified atom stereocenters. The Morgan fingerprint density at radius 3 is 2.59 bits per heavy atom.